The number of amides is 1. The largest absolute Gasteiger partial charge is 0.461 e. The number of carbonyl (C=O) groups excluding carboxylic acids is 1. The number of hydrogen-bond donors (Lipinski definition) is 1. The molecule has 26 heavy (non-hydrogen) atoms. The van der Waals surface area contributed by atoms with Crippen LogP contribution in [0, 0.1) is 13.8 Å². The van der Waals surface area contributed by atoms with Crippen molar-refractivity contribution in [3.8, 4) is 11.5 Å². The van der Waals surface area contributed by atoms with E-state index in [4.69, 9.17) is 8.94 Å². The van der Waals surface area contributed by atoms with Crippen molar-refractivity contribution in [2.24, 2.45) is 0 Å². The lowest BCUT2D eigenvalue weighted by molar-refractivity contribution is -0.120. The summed E-state index contributed by atoms with van der Waals surface area (Å²) in [6.07, 6.45) is 1.62. The van der Waals surface area contributed by atoms with Crippen LogP contribution in [-0.4, -0.2) is 30.6 Å². The summed E-state index contributed by atoms with van der Waals surface area (Å²) in [7, 11) is 0. The van der Waals surface area contributed by atoms with E-state index in [1.165, 1.54) is 0 Å². The van der Waals surface area contributed by atoms with Crippen molar-refractivity contribution in [2.75, 3.05) is 0 Å². The molecule has 1 amide bonds. The van der Waals surface area contributed by atoms with E-state index in [0.29, 0.717) is 28.8 Å². The van der Waals surface area contributed by atoms with Gasteiger partial charge in [-0.05, 0) is 32.0 Å². The molecule has 9 nitrogen and oxygen atoms in total. The molecule has 0 bridgehead atoms. The third-order valence-corrected chi connectivity index (χ3v) is 3.77. The molecular weight excluding hydrogens is 336 g/mol. The second-order valence-corrected chi connectivity index (χ2v) is 5.89. The van der Waals surface area contributed by atoms with Crippen LogP contribution in [0.25, 0.3) is 17.3 Å². The first kappa shape index (κ1) is 16.0. The monoisotopic (exact) mass is 352 g/mol. The SMILES string of the molecule is Cc1cc(C)n2nc(CC(=O)NCc3cc(-c4ccco4)on3)nc2n1. The van der Waals surface area contributed by atoms with Crippen molar-refractivity contribution < 1.29 is 13.7 Å². The maximum absolute atomic E-state index is 12.2. The summed E-state index contributed by atoms with van der Waals surface area (Å²) in [6, 6.07) is 7.17. The average Bonchev–Trinajstić information content (AvgIpc) is 3.32. The second-order valence-electron chi connectivity index (χ2n) is 5.89. The van der Waals surface area contributed by atoms with Gasteiger partial charge in [0.05, 0.1) is 19.2 Å². The van der Waals surface area contributed by atoms with Gasteiger partial charge in [-0.25, -0.2) is 9.50 Å². The van der Waals surface area contributed by atoms with Crippen LogP contribution in [0.1, 0.15) is 22.9 Å². The van der Waals surface area contributed by atoms with Gasteiger partial charge in [0, 0.05) is 17.5 Å². The molecule has 0 saturated carbocycles. The molecule has 1 N–H and O–H groups in total. The lowest BCUT2D eigenvalue weighted by Gasteiger charge is -1.99. The molecule has 4 heterocycles. The Morgan fingerprint density at radius 3 is 2.92 bits per heavy atom. The third kappa shape index (κ3) is 3.18. The molecule has 0 aromatic carbocycles. The van der Waals surface area contributed by atoms with E-state index in [-0.39, 0.29) is 18.9 Å². The van der Waals surface area contributed by atoms with Crippen LogP contribution in [0.2, 0.25) is 0 Å². The minimum atomic E-state index is -0.210. The van der Waals surface area contributed by atoms with Crippen LogP contribution in [0.4, 0.5) is 0 Å². The Morgan fingerprint density at radius 1 is 1.23 bits per heavy atom. The Kier molecular flexibility index (Phi) is 3.96. The van der Waals surface area contributed by atoms with Gasteiger partial charge in [0.1, 0.15) is 5.69 Å². The lowest BCUT2D eigenvalue weighted by Crippen LogP contribution is -2.25. The van der Waals surface area contributed by atoms with Crippen LogP contribution >= 0.6 is 0 Å². The number of fused-ring (bicyclic) bond motifs is 1. The summed E-state index contributed by atoms with van der Waals surface area (Å²) < 4.78 is 12.1. The van der Waals surface area contributed by atoms with E-state index in [0.717, 1.165) is 11.4 Å². The zero-order chi connectivity index (χ0) is 18.1. The second kappa shape index (κ2) is 6.43. The highest BCUT2D eigenvalue weighted by Gasteiger charge is 2.13. The summed E-state index contributed by atoms with van der Waals surface area (Å²) in [5.74, 6) is 1.79. The van der Waals surface area contributed by atoms with Gasteiger partial charge in [0.2, 0.25) is 11.7 Å². The summed E-state index contributed by atoms with van der Waals surface area (Å²) >= 11 is 0. The summed E-state index contributed by atoms with van der Waals surface area (Å²) in [6.45, 7) is 4.05. The summed E-state index contributed by atoms with van der Waals surface area (Å²) in [5.41, 5.74) is 2.37. The molecule has 4 aromatic heterocycles. The quantitative estimate of drug-likeness (QED) is 0.583. The summed E-state index contributed by atoms with van der Waals surface area (Å²) in [4.78, 5) is 20.8. The molecule has 9 heteroatoms. The smallest absolute Gasteiger partial charge is 0.252 e. The molecule has 132 valence electrons. The number of rotatable bonds is 5. The van der Waals surface area contributed by atoms with Crippen molar-refractivity contribution in [1.29, 1.82) is 0 Å². The first-order chi connectivity index (χ1) is 12.6. The van der Waals surface area contributed by atoms with Gasteiger partial charge in [-0.15, -0.1) is 5.10 Å². The molecule has 4 aromatic rings. The number of hydrogen-bond acceptors (Lipinski definition) is 7. The highest BCUT2D eigenvalue weighted by atomic mass is 16.5. The Bertz CT molecular complexity index is 1060. The molecule has 0 atom stereocenters. The van der Waals surface area contributed by atoms with E-state index in [9.17, 15) is 4.79 Å². The zero-order valence-electron chi connectivity index (χ0n) is 14.3. The molecule has 4 rings (SSSR count). The van der Waals surface area contributed by atoms with Crippen molar-refractivity contribution in [1.82, 2.24) is 30.1 Å². The van der Waals surface area contributed by atoms with E-state index in [2.05, 4.69) is 25.5 Å². The van der Waals surface area contributed by atoms with Crippen LogP contribution in [0.15, 0.2) is 39.5 Å². The average molecular weight is 352 g/mol. The van der Waals surface area contributed by atoms with Crippen LogP contribution < -0.4 is 5.32 Å². The number of aromatic nitrogens is 5. The highest BCUT2D eigenvalue weighted by molar-refractivity contribution is 5.77. The molecule has 0 fully saturated rings. The van der Waals surface area contributed by atoms with Crippen molar-refractivity contribution >= 4 is 11.7 Å². The van der Waals surface area contributed by atoms with Gasteiger partial charge in [-0.2, -0.15) is 4.98 Å². The third-order valence-electron chi connectivity index (χ3n) is 3.77. The predicted molar refractivity (Wildman–Crippen MR) is 90.0 cm³/mol. The van der Waals surface area contributed by atoms with Gasteiger partial charge in [-0.1, -0.05) is 5.16 Å². The number of nitrogens with one attached hydrogen (secondary N) is 1. The fraction of sp³-hybridized carbons (Fsp3) is 0.235. The molecule has 0 aliphatic carbocycles. The maximum atomic E-state index is 12.2. The molecule has 0 spiro atoms. The maximum Gasteiger partial charge on any atom is 0.252 e. The minimum Gasteiger partial charge on any atom is -0.461 e. The Hall–Kier alpha value is -3.49. The predicted octanol–water partition coefficient (Wildman–Crippen LogP) is 1.85. The van der Waals surface area contributed by atoms with Gasteiger partial charge >= 0.3 is 0 Å². The van der Waals surface area contributed by atoms with Crippen molar-refractivity contribution in [2.45, 2.75) is 26.8 Å². The van der Waals surface area contributed by atoms with Crippen molar-refractivity contribution in [3.05, 3.63) is 53.4 Å². The zero-order valence-corrected chi connectivity index (χ0v) is 14.3. The van der Waals surface area contributed by atoms with E-state index in [1.807, 2.05) is 19.9 Å². The Labute approximate surface area is 148 Å². The molecule has 0 aliphatic rings. The van der Waals surface area contributed by atoms with Crippen LogP contribution in [0.3, 0.4) is 0 Å². The van der Waals surface area contributed by atoms with Gasteiger partial charge in [0.25, 0.3) is 5.78 Å². The van der Waals surface area contributed by atoms with Crippen LogP contribution in [0.5, 0.6) is 0 Å². The standard InChI is InChI=1S/C17H16N6O3/c1-10-6-11(2)23-17(19-10)20-15(21-23)8-16(24)18-9-12-7-14(26-22-12)13-4-3-5-25-13/h3-7H,8-9H2,1-2H3,(H,18,24). The number of carbonyl (C=O) groups is 1. The highest BCUT2D eigenvalue weighted by Crippen LogP contribution is 2.20. The topological polar surface area (TPSA) is 111 Å². The first-order valence-electron chi connectivity index (χ1n) is 8.04. The van der Waals surface area contributed by atoms with Crippen LogP contribution in [-0.2, 0) is 17.8 Å². The molecule has 0 saturated heterocycles. The Morgan fingerprint density at radius 2 is 2.12 bits per heavy atom. The lowest BCUT2D eigenvalue weighted by atomic mass is 10.3. The molecule has 0 unspecified atom stereocenters. The van der Waals surface area contributed by atoms with Gasteiger partial charge in [0.15, 0.2) is 11.6 Å². The van der Waals surface area contributed by atoms with E-state index >= 15 is 0 Å². The molecule has 0 radical (unpaired) electrons. The van der Waals surface area contributed by atoms with E-state index < -0.39 is 0 Å². The van der Waals surface area contributed by atoms with Gasteiger partial charge < -0.3 is 14.3 Å². The number of aryl methyl sites for hydroxylation is 2. The minimum absolute atomic E-state index is 0.0603. The summed E-state index contributed by atoms with van der Waals surface area (Å²) in [5, 5.41) is 11.0. The molecule has 0 aliphatic heterocycles. The Balaban J connectivity index is 1.39. The molecular formula is C17H16N6O3. The first-order valence-corrected chi connectivity index (χ1v) is 8.04. The van der Waals surface area contributed by atoms with Crippen molar-refractivity contribution in [3.63, 3.8) is 0 Å². The fourth-order valence-corrected chi connectivity index (χ4v) is 2.61. The van der Waals surface area contributed by atoms with E-state index in [1.54, 1.807) is 29.0 Å². The normalized spacial score (nSPS) is 11.2. The number of nitrogens with zero attached hydrogens (tertiary/aromatic N) is 5. The number of furan rings is 1. The van der Waals surface area contributed by atoms with Gasteiger partial charge in [-0.3, -0.25) is 4.79 Å². The fourth-order valence-electron chi connectivity index (χ4n) is 2.61.